The highest BCUT2D eigenvalue weighted by atomic mass is 32.1. The molecule has 0 aliphatic rings. The molecule has 0 bridgehead atoms. The van der Waals surface area contributed by atoms with Crippen molar-refractivity contribution in [3.8, 4) is 33.3 Å². The fraction of sp³-hybridized carbons (Fsp3) is 0.273. The van der Waals surface area contributed by atoms with Gasteiger partial charge in [0.15, 0.2) is 17.4 Å². The summed E-state index contributed by atoms with van der Waals surface area (Å²) >= 11 is 1.74. The Labute approximate surface area is 189 Å². The highest BCUT2D eigenvalue weighted by Gasteiger charge is 2.18. The first-order valence-corrected chi connectivity index (χ1v) is 11.0. The Morgan fingerprint density at radius 1 is 1.25 bits per heavy atom. The van der Waals surface area contributed by atoms with Crippen molar-refractivity contribution >= 4 is 17.2 Å². The third-order valence-corrected chi connectivity index (χ3v) is 6.44. The van der Waals surface area contributed by atoms with E-state index in [2.05, 4.69) is 45.7 Å². The molecule has 3 heterocycles. The van der Waals surface area contributed by atoms with Crippen LogP contribution in [0.25, 0.3) is 27.5 Å². The van der Waals surface area contributed by atoms with Crippen molar-refractivity contribution < 1.29 is 9.13 Å². The zero-order chi connectivity index (χ0) is 22.7. The van der Waals surface area contributed by atoms with E-state index in [-0.39, 0.29) is 5.75 Å². The van der Waals surface area contributed by atoms with Crippen LogP contribution in [-0.2, 0) is 6.42 Å². The Morgan fingerprint density at radius 2 is 2.09 bits per heavy atom. The Bertz CT molecular complexity index is 1240. The van der Waals surface area contributed by atoms with E-state index >= 15 is 0 Å². The SMILES string of the molecule is CCNCCc1sc(-c2cnc(N)c(-c3nnnn3-c3ccc(OC)c(F)c3)c2)cc1C. The van der Waals surface area contributed by atoms with Crippen LogP contribution in [0.4, 0.5) is 10.2 Å². The maximum Gasteiger partial charge on any atom is 0.190 e. The van der Waals surface area contributed by atoms with Gasteiger partial charge in [-0.15, -0.1) is 16.4 Å². The van der Waals surface area contributed by atoms with Crippen molar-refractivity contribution in [2.45, 2.75) is 20.3 Å². The first-order valence-electron chi connectivity index (χ1n) is 10.2. The Hall–Kier alpha value is -3.37. The van der Waals surface area contributed by atoms with Crippen LogP contribution < -0.4 is 15.8 Å². The number of likely N-dealkylation sites (N-methyl/N-ethyl adjacent to an activating group) is 1. The van der Waals surface area contributed by atoms with Gasteiger partial charge in [-0.2, -0.15) is 4.68 Å². The maximum absolute atomic E-state index is 14.2. The molecule has 0 saturated heterocycles. The number of hydrogen-bond donors (Lipinski definition) is 2. The molecular weight excluding hydrogens is 429 g/mol. The molecule has 0 spiro atoms. The summed E-state index contributed by atoms with van der Waals surface area (Å²) in [6, 6.07) is 8.59. The summed E-state index contributed by atoms with van der Waals surface area (Å²) in [6.45, 7) is 6.11. The molecule has 4 aromatic rings. The standard InChI is InChI=1S/C22H24FN7OS/c1-4-25-8-7-19-13(2)9-20(32-19)14-10-16(21(24)26-12-14)22-27-28-29-30(22)15-5-6-18(31-3)17(23)11-15/h5-6,9-12,25H,4,7-8H2,1-3H3,(H2,24,26). The van der Waals surface area contributed by atoms with Crippen LogP contribution in [0.1, 0.15) is 17.4 Å². The maximum atomic E-state index is 14.2. The molecule has 8 nitrogen and oxygen atoms in total. The number of tetrazole rings is 1. The number of rotatable bonds is 8. The number of benzene rings is 1. The van der Waals surface area contributed by atoms with Crippen LogP contribution in [0, 0.1) is 12.7 Å². The molecule has 1 aromatic carbocycles. The lowest BCUT2D eigenvalue weighted by atomic mass is 10.1. The van der Waals surface area contributed by atoms with Crippen LogP contribution in [0.5, 0.6) is 5.75 Å². The van der Waals surface area contributed by atoms with E-state index in [0.717, 1.165) is 30.0 Å². The van der Waals surface area contributed by atoms with Gasteiger partial charge in [0.05, 0.1) is 18.4 Å². The normalized spacial score (nSPS) is 11.1. The summed E-state index contributed by atoms with van der Waals surface area (Å²) in [7, 11) is 1.41. The number of halogens is 1. The minimum absolute atomic E-state index is 0.143. The third-order valence-electron chi connectivity index (χ3n) is 5.09. The number of aryl methyl sites for hydroxylation is 1. The molecule has 0 amide bonds. The van der Waals surface area contributed by atoms with Crippen LogP contribution >= 0.6 is 11.3 Å². The number of methoxy groups -OCH3 is 1. The fourth-order valence-electron chi connectivity index (χ4n) is 3.39. The Balaban J connectivity index is 1.70. The number of nitrogens with two attached hydrogens (primary N) is 1. The smallest absolute Gasteiger partial charge is 0.190 e. The van der Waals surface area contributed by atoms with Crippen molar-refractivity contribution in [1.82, 2.24) is 30.5 Å². The molecule has 0 atom stereocenters. The van der Waals surface area contributed by atoms with Gasteiger partial charge in [-0.3, -0.25) is 0 Å². The lowest BCUT2D eigenvalue weighted by Crippen LogP contribution is -2.15. The molecule has 0 fully saturated rings. The zero-order valence-electron chi connectivity index (χ0n) is 18.1. The van der Waals surface area contributed by atoms with E-state index in [1.54, 1.807) is 23.6 Å². The van der Waals surface area contributed by atoms with Gasteiger partial charge >= 0.3 is 0 Å². The third kappa shape index (κ3) is 4.32. The number of aromatic nitrogens is 5. The van der Waals surface area contributed by atoms with Gasteiger partial charge in [0, 0.05) is 27.6 Å². The highest BCUT2D eigenvalue weighted by molar-refractivity contribution is 7.15. The second-order valence-electron chi connectivity index (χ2n) is 7.21. The van der Waals surface area contributed by atoms with Crippen LogP contribution in [0.15, 0.2) is 36.5 Å². The first kappa shape index (κ1) is 21.8. The monoisotopic (exact) mass is 453 g/mol. The Kier molecular flexibility index (Phi) is 6.42. The summed E-state index contributed by atoms with van der Waals surface area (Å²) in [5.41, 5.74) is 9.37. The van der Waals surface area contributed by atoms with E-state index in [9.17, 15) is 4.39 Å². The number of ether oxygens (including phenoxy) is 1. The predicted molar refractivity (Wildman–Crippen MR) is 124 cm³/mol. The minimum Gasteiger partial charge on any atom is -0.494 e. The average Bonchev–Trinajstić information content (AvgIpc) is 3.41. The summed E-state index contributed by atoms with van der Waals surface area (Å²) in [6.07, 6.45) is 2.72. The summed E-state index contributed by atoms with van der Waals surface area (Å²) in [4.78, 5) is 6.80. The Morgan fingerprint density at radius 3 is 2.84 bits per heavy atom. The first-order chi connectivity index (χ1) is 15.5. The molecule has 3 aromatic heterocycles. The number of nitrogens with one attached hydrogen (secondary N) is 1. The highest BCUT2D eigenvalue weighted by Crippen LogP contribution is 2.35. The molecule has 3 N–H and O–H groups in total. The summed E-state index contributed by atoms with van der Waals surface area (Å²) in [5, 5.41) is 15.3. The van der Waals surface area contributed by atoms with Gasteiger partial charge in [0.1, 0.15) is 5.82 Å². The largest absolute Gasteiger partial charge is 0.494 e. The molecule has 0 aliphatic heterocycles. The second kappa shape index (κ2) is 9.41. The van der Waals surface area contributed by atoms with Gasteiger partial charge in [0.2, 0.25) is 0 Å². The lowest BCUT2D eigenvalue weighted by Gasteiger charge is -2.09. The number of nitrogen functional groups attached to an aromatic ring is 1. The number of pyridine rings is 1. The number of nitrogens with zero attached hydrogens (tertiary/aromatic N) is 5. The molecule has 0 unspecified atom stereocenters. The minimum atomic E-state index is -0.509. The number of anilines is 1. The van der Waals surface area contributed by atoms with E-state index in [1.165, 1.54) is 34.4 Å². The van der Waals surface area contributed by atoms with Gasteiger partial charge in [-0.05, 0) is 66.7 Å². The zero-order valence-corrected chi connectivity index (χ0v) is 18.9. The lowest BCUT2D eigenvalue weighted by molar-refractivity contribution is 0.386. The molecule has 10 heteroatoms. The van der Waals surface area contributed by atoms with Crippen molar-refractivity contribution in [3.05, 3.63) is 52.8 Å². The number of hydrogen-bond acceptors (Lipinski definition) is 8. The topological polar surface area (TPSA) is 104 Å². The summed E-state index contributed by atoms with van der Waals surface area (Å²) < 4.78 is 20.7. The van der Waals surface area contributed by atoms with E-state index in [4.69, 9.17) is 10.5 Å². The number of thiophene rings is 1. The van der Waals surface area contributed by atoms with Gasteiger partial charge < -0.3 is 15.8 Å². The predicted octanol–water partition coefficient (Wildman–Crippen LogP) is 3.64. The second-order valence-corrected chi connectivity index (χ2v) is 8.35. The van der Waals surface area contributed by atoms with Crippen LogP contribution in [0.3, 0.4) is 0 Å². The average molecular weight is 454 g/mol. The van der Waals surface area contributed by atoms with Crippen molar-refractivity contribution in [2.75, 3.05) is 25.9 Å². The van der Waals surface area contributed by atoms with Crippen molar-refractivity contribution in [1.29, 1.82) is 0 Å². The van der Waals surface area contributed by atoms with E-state index in [1.807, 2.05) is 6.07 Å². The van der Waals surface area contributed by atoms with Crippen LogP contribution in [0.2, 0.25) is 0 Å². The molecule has 4 rings (SSSR count). The van der Waals surface area contributed by atoms with Crippen molar-refractivity contribution in [3.63, 3.8) is 0 Å². The molecular formula is C22H24FN7OS. The van der Waals surface area contributed by atoms with Gasteiger partial charge in [-0.1, -0.05) is 6.92 Å². The van der Waals surface area contributed by atoms with E-state index in [0.29, 0.717) is 22.9 Å². The fourth-order valence-corrected chi connectivity index (χ4v) is 4.55. The van der Waals surface area contributed by atoms with Gasteiger partial charge in [0.25, 0.3) is 0 Å². The van der Waals surface area contributed by atoms with Crippen molar-refractivity contribution in [2.24, 2.45) is 0 Å². The van der Waals surface area contributed by atoms with Crippen LogP contribution in [-0.4, -0.2) is 45.4 Å². The molecule has 0 radical (unpaired) electrons. The quantitative estimate of drug-likeness (QED) is 0.393. The summed E-state index contributed by atoms with van der Waals surface area (Å²) in [5.74, 6) is 0.302. The molecule has 0 aliphatic carbocycles. The van der Waals surface area contributed by atoms with Gasteiger partial charge in [-0.25, -0.2) is 9.37 Å². The molecule has 0 saturated carbocycles. The molecule has 32 heavy (non-hydrogen) atoms. The van der Waals surface area contributed by atoms with E-state index < -0.39 is 5.82 Å². The molecule has 166 valence electrons.